The van der Waals surface area contributed by atoms with Crippen LogP contribution in [0.5, 0.6) is 0 Å². The maximum Gasteiger partial charge on any atom is 0.220 e. The second-order valence-corrected chi connectivity index (χ2v) is 4.99. The molecule has 0 bridgehead atoms. The van der Waals surface area contributed by atoms with Crippen LogP contribution in [-0.2, 0) is 9.53 Å². The summed E-state index contributed by atoms with van der Waals surface area (Å²) in [5.74, 6) is 0.0599. The predicted molar refractivity (Wildman–Crippen MR) is 62.1 cm³/mol. The van der Waals surface area contributed by atoms with Gasteiger partial charge in [-0.3, -0.25) is 4.79 Å². The summed E-state index contributed by atoms with van der Waals surface area (Å²) >= 11 is 0. The van der Waals surface area contributed by atoms with Crippen molar-refractivity contribution in [2.24, 2.45) is 5.41 Å². The summed E-state index contributed by atoms with van der Waals surface area (Å²) in [4.78, 5) is 11.6. The molecule has 2 atom stereocenters. The van der Waals surface area contributed by atoms with E-state index in [2.05, 4.69) is 5.32 Å². The molecule has 0 aromatic carbocycles. The van der Waals surface area contributed by atoms with Crippen LogP contribution in [0.25, 0.3) is 0 Å². The monoisotopic (exact) mass is 229 g/mol. The van der Waals surface area contributed by atoms with E-state index >= 15 is 0 Å². The van der Waals surface area contributed by atoms with E-state index < -0.39 is 0 Å². The van der Waals surface area contributed by atoms with Crippen molar-refractivity contribution in [3.05, 3.63) is 0 Å². The minimum Gasteiger partial charge on any atom is -0.392 e. The summed E-state index contributed by atoms with van der Waals surface area (Å²) in [5.41, 5.74) is -0.185. The van der Waals surface area contributed by atoms with Gasteiger partial charge >= 0.3 is 0 Å². The number of hydrogen-bond acceptors (Lipinski definition) is 3. The summed E-state index contributed by atoms with van der Waals surface area (Å²) in [6.45, 7) is 7.24. The predicted octanol–water partition coefficient (Wildman–Crippen LogP) is 1.08. The molecular formula is C12H23NO3. The molecular weight excluding hydrogens is 206 g/mol. The standard InChI is InChI=1S/C12H23NO3/c1-4-16-7-5-6-11(15)13-9-8-10(14)12(9,2)3/h9-10,14H,4-8H2,1-3H3,(H,13,15). The van der Waals surface area contributed by atoms with E-state index in [9.17, 15) is 9.90 Å². The first-order valence-electron chi connectivity index (χ1n) is 6.03. The molecule has 1 aliphatic rings. The molecule has 1 fully saturated rings. The minimum atomic E-state index is -0.291. The molecule has 1 rings (SSSR count). The van der Waals surface area contributed by atoms with Crippen molar-refractivity contribution >= 4 is 5.91 Å². The first-order chi connectivity index (χ1) is 7.48. The number of ether oxygens (including phenoxy) is 1. The number of rotatable bonds is 6. The summed E-state index contributed by atoms with van der Waals surface area (Å²) in [5, 5.41) is 12.5. The average molecular weight is 229 g/mol. The van der Waals surface area contributed by atoms with E-state index in [0.29, 0.717) is 26.1 Å². The highest BCUT2D eigenvalue weighted by Gasteiger charge is 2.47. The van der Waals surface area contributed by atoms with Crippen LogP contribution >= 0.6 is 0 Å². The van der Waals surface area contributed by atoms with Crippen LogP contribution in [0, 0.1) is 5.41 Å². The van der Waals surface area contributed by atoms with Gasteiger partial charge < -0.3 is 15.2 Å². The largest absolute Gasteiger partial charge is 0.392 e. The Labute approximate surface area is 97.4 Å². The number of carbonyl (C=O) groups is 1. The lowest BCUT2D eigenvalue weighted by atomic mass is 9.64. The van der Waals surface area contributed by atoms with Crippen molar-refractivity contribution < 1.29 is 14.6 Å². The summed E-state index contributed by atoms with van der Waals surface area (Å²) < 4.78 is 5.17. The maximum atomic E-state index is 11.6. The number of hydrogen-bond donors (Lipinski definition) is 2. The lowest BCUT2D eigenvalue weighted by molar-refractivity contribution is -0.129. The van der Waals surface area contributed by atoms with Crippen molar-refractivity contribution in [1.82, 2.24) is 5.32 Å². The van der Waals surface area contributed by atoms with Crippen LogP contribution in [-0.4, -0.2) is 36.4 Å². The first-order valence-corrected chi connectivity index (χ1v) is 6.03. The Balaban J connectivity index is 2.16. The van der Waals surface area contributed by atoms with Gasteiger partial charge in [0.1, 0.15) is 0 Å². The number of carbonyl (C=O) groups excluding carboxylic acids is 1. The number of aliphatic hydroxyl groups is 1. The molecule has 16 heavy (non-hydrogen) atoms. The topological polar surface area (TPSA) is 58.6 Å². The number of aliphatic hydroxyl groups excluding tert-OH is 1. The highest BCUT2D eigenvalue weighted by molar-refractivity contribution is 5.76. The van der Waals surface area contributed by atoms with Gasteiger partial charge in [-0.1, -0.05) is 13.8 Å². The van der Waals surface area contributed by atoms with E-state index in [4.69, 9.17) is 4.74 Å². The fraction of sp³-hybridized carbons (Fsp3) is 0.917. The highest BCUT2D eigenvalue weighted by Crippen LogP contribution is 2.40. The zero-order valence-electron chi connectivity index (χ0n) is 10.5. The van der Waals surface area contributed by atoms with Crippen molar-refractivity contribution in [3.8, 4) is 0 Å². The third-order valence-electron chi connectivity index (χ3n) is 3.45. The summed E-state index contributed by atoms with van der Waals surface area (Å²) in [6, 6.07) is 0.113. The van der Waals surface area contributed by atoms with Crippen LogP contribution in [0.4, 0.5) is 0 Å². The maximum absolute atomic E-state index is 11.6. The highest BCUT2D eigenvalue weighted by atomic mass is 16.5. The van der Waals surface area contributed by atoms with Gasteiger partial charge in [-0.15, -0.1) is 0 Å². The second-order valence-electron chi connectivity index (χ2n) is 4.99. The quantitative estimate of drug-likeness (QED) is 0.670. The van der Waals surface area contributed by atoms with Gasteiger partial charge in [0.05, 0.1) is 6.10 Å². The number of nitrogens with one attached hydrogen (secondary N) is 1. The molecule has 2 N–H and O–H groups in total. The SMILES string of the molecule is CCOCCCC(=O)NC1CC(O)C1(C)C. The molecule has 0 aromatic rings. The molecule has 4 heteroatoms. The average Bonchev–Trinajstić information content (AvgIpc) is 2.24. The van der Waals surface area contributed by atoms with Crippen molar-refractivity contribution in [3.63, 3.8) is 0 Å². The minimum absolute atomic E-state index is 0.0599. The van der Waals surface area contributed by atoms with E-state index in [1.165, 1.54) is 0 Å². The van der Waals surface area contributed by atoms with Gasteiger partial charge in [0.15, 0.2) is 0 Å². The molecule has 1 aliphatic carbocycles. The molecule has 0 aliphatic heterocycles. The Hall–Kier alpha value is -0.610. The summed E-state index contributed by atoms with van der Waals surface area (Å²) in [7, 11) is 0. The molecule has 0 radical (unpaired) electrons. The molecule has 0 heterocycles. The van der Waals surface area contributed by atoms with Gasteiger partial charge in [0.2, 0.25) is 5.91 Å². The first kappa shape index (κ1) is 13.5. The van der Waals surface area contributed by atoms with Crippen LogP contribution in [0.3, 0.4) is 0 Å². The Morgan fingerprint density at radius 2 is 2.25 bits per heavy atom. The third kappa shape index (κ3) is 3.19. The van der Waals surface area contributed by atoms with Crippen molar-refractivity contribution in [1.29, 1.82) is 0 Å². The van der Waals surface area contributed by atoms with E-state index in [1.807, 2.05) is 20.8 Å². The van der Waals surface area contributed by atoms with Gasteiger partial charge in [-0.05, 0) is 19.8 Å². The van der Waals surface area contributed by atoms with E-state index in [-0.39, 0.29) is 23.5 Å². The van der Waals surface area contributed by atoms with E-state index in [0.717, 1.165) is 6.42 Å². The Morgan fingerprint density at radius 1 is 1.56 bits per heavy atom. The van der Waals surface area contributed by atoms with Crippen molar-refractivity contribution in [2.45, 2.75) is 52.2 Å². The molecule has 0 saturated heterocycles. The Morgan fingerprint density at radius 3 is 2.75 bits per heavy atom. The molecule has 0 aromatic heterocycles. The van der Waals surface area contributed by atoms with Gasteiger partial charge in [0.25, 0.3) is 0 Å². The van der Waals surface area contributed by atoms with E-state index in [1.54, 1.807) is 0 Å². The van der Waals surface area contributed by atoms with Crippen LogP contribution in [0.1, 0.15) is 40.0 Å². The molecule has 0 spiro atoms. The smallest absolute Gasteiger partial charge is 0.220 e. The van der Waals surface area contributed by atoms with Crippen LogP contribution in [0.15, 0.2) is 0 Å². The van der Waals surface area contributed by atoms with Gasteiger partial charge in [-0.25, -0.2) is 0 Å². The van der Waals surface area contributed by atoms with Crippen LogP contribution in [0.2, 0.25) is 0 Å². The molecule has 1 saturated carbocycles. The Kier molecular flexibility index (Phi) is 4.74. The normalized spacial score (nSPS) is 27.2. The molecule has 4 nitrogen and oxygen atoms in total. The molecule has 94 valence electrons. The lowest BCUT2D eigenvalue weighted by Crippen LogP contribution is -2.61. The lowest BCUT2D eigenvalue weighted by Gasteiger charge is -2.49. The van der Waals surface area contributed by atoms with Crippen molar-refractivity contribution in [2.75, 3.05) is 13.2 Å². The summed E-state index contributed by atoms with van der Waals surface area (Å²) in [6.07, 6.45) is 1.64. The fourth-order valence-electron chi connectivity index (χ4n) is 1.89. The molecule has 1 amide bonds. The van der Waals surface area contributed by atoms with Gasteiger partial charge in [0, 0.05) is 31.1 Å². The van der Waals surface area contributed by atoms with Crippen LogP contribution < -0.4 is 5.32 Å². The zero-order chi connectivity index (χ0) is 12.2. The molecule has 2 unspecified atom stereocenters. The third-order valence-corrected chi connectivity index (χ3v) is 3.45. The number of amides is 1. The fourth-order valence-corrected chi connectivity index (χ4v) is 1.89. The van der Waals surface area contributed by atoms with Gasteiger partial charge in [-0.2, -0.15) is 0 Å². The Bertz CT molecular complexity index is 240. The zero-order valence-corrected chi connectivity index (χ0v) is 10.5. The second kappa shape index (κ2) is 5.64.